The Kier molecular flexibility index (Phi) is 4.02. The Labute approximate surface area is 125 Å². The van der Waals surface area contributed by atoms with Crippen LogP contribution in [-0.4, -0.2) is 18.0 Å². The van der Waals surface area contributed by atoms with E-state index in [-0.39, 0.29) is 11.9 Å². The molecule has 3 atom stereocenters. The van der Waals surface area contributed by atoms with E-state index in [1.54, 1.807) is 0 Å². The van der Waals surface area contributed by atoms with E-state index in [9.17, 15) is 4.79 Å². The van der Waals surface area contributed by atoms with Gasteiger partial charge in [-0.1, -0.05) is 60.7 Å². The highest BCUT2D eigenvalue weighted by Gasteiger charge is 2.39. The zero-order chi connectivity index (χ0) is 14.7. The number of rotatable bonds is 5. The highest BCUT2D eigenvalue weighted by molar-refractivity contribution is 5.82. The number of carbonyl (C=O) groups is 1. The van der Waals surface area contributed by atoms with E-state index in [4.69, 9.17) is 5.73 Å². The topological polar surface area (TPSA) is 55.1 Å². The van der Waals surface area contributed by atoms with Gasteiger partial charge >= 0.3 is 0 Å². The fraction of sp³-hybridized carbons (Fsp3) is 0.278. The van der Waals surface area contributed by atoms with E-state index < -0.39 is 6.04 Å². The van der Waals surface area contributed by atoms with Crippen molar-refractivity contribution in [2.75, 3.05) is 0 Å². The highest BCUT2D eigenvalue weighted by Crippen LogP contribution is 2.40. The van der Waals surface area contributed by atoms with Crippen LogP contribution in [-0.2, 0) is 11.2 Å². The van der Waals surface area contributed by atoms with Crippen molar-refractivity contribution in [2.45, 2.75) is 30.8 Å². The molecular formula is C18H20N2O. The van der Waals surface area contributed by atoms with Gasteiger partial charge in [0, 0.05) is 12.0 Å². The van der Waals surface area contributed by atoms with Crippen LogP contribution in [0.1, 0.15) is 23.5 Å². The number of amides is 1. The van der Waals surface area contributed by atoms with Crippen LogP contribution in [0.25, 0.3) is 0 Å². The highest BCUT2D eigenvalue weighted by atomic mass is 16.2. The van der Waals surface area contributed by atoms with Crippen LogP contribution in [0.5, 0.6) is 0 Å². The molecule has 21 heavy (non-hydrogen) atoms. The van der Waals surface area contributed by atoms with Crippen LogP contribution in [0.15, 0.2) is 60.7 Å². The zero-order valence-electron chi connectivity index (χ0n) is 11.9. The van der Waals surface area contributed by atoms with Crippen molar-refractivity contribution in [2.24, 2.45) is 5.73 Å². The molecule has 0 radical (unpaired) electrons. The summed E-state index contributed by atoms with van der Waals surface area (Å²) in [5, 5.41) is 3.06. The van der Waals surface area contributed by atoms with Crippen molar-refractivity contribution in [1.29, 1.82) is 0 Å². The maximum Gasteiger partial charge on any atom is 0.237 e. The summed E-state index contributed by atoms with van der Waals surface area (Å²) < 4.78 is 0. The third-order valence-electron chi connectivity index (χ3n) is 3.98. The lowest BCUT2D eigenvalue weighted by atomic mass is 10.1. The van der Waals surface area contributed by atoms with Crippen LogP contribution in [0.2, 0.25) is 0 Å². The van der Waals surface area contributed by atoms with Gasteiger partial charge in [-0.15, -0.1) is 0 Å². The summed E-state index contributed by atoms with van der Waals surface area (Å²) in [5.41, 5.74) is 8.38. The fourth-order valence-corrected chi connectivity index (χ4v) is 2.67. The third-order valence-corrected chi connectivity index (χ3v) is 3.98. The smallest absolute Gasteiger partial charge is 0.237 e. The van der Waals surface area contributed by atoms with E-state index in [1.807, 2.05) is 48.5 Å². The lowest BCUT2D eigenvalue weighted by Gasteiger charge is -2.12. The van der Waals surface area contributed by atoms with Crippen molar-refractivity contribution in [3.05, 3.63) is 71.8 Å². The molecule has 3 nitrogen and oxygen atoms in total. The monoisotopic (exact) mass is 280 g/mol. The van der Waals surface area contributed by atoms with Gasteiger partial charge in [-0.2, -0.15) is 0 Å². The number of carbonyl (C=O) groups excluding carboxylic acids is 1. The van der Waals surface area contributed by atoms with Crippen LogP contribution < -0.4 is 11.1 Å². The summed E-state index contributed by atoms with van der Waals surface area (Å²) in [6.45, 7) is 0. The summed E-state index contributed by atoms with van der Waals surface area (Å²) in [5.74, 6) is 0.390. The van der Waals surface area contributed by atoms with Gasteiger partial charge in [0.05, 0.1) is 6.04 Å². The zero-order valence-corrected chi connectivity index (χ0v) is 11.9. The minimum absolute atomic E-state index is 0.0534. The average Bonchev–Trinajstić information content (AvgIpc) is 3.28. The van der Waals surface area contributed by atoms with Gasteiger partial charge in [0.25, 0.3) is 0 Å². The molecule has 1 aliphatic carbocycles. The Morgan fingerprint density at radius 2 is 1.71 bits per heavy atom. The first-order valence-electron chi connectivity index (χ1n) is 7.39. The molecule has 0 aliphatic heterocycles. The van der Waals surface area contributed by atoms with E-state index in [0.717, 1.165) is 12.0 Å². The van der Waals surface area contributed by atoms with Gasteiger partial charge in [0.2, 0.25) is 5.91 Å². The third kappa shape index (κ3) is 3.50. The van der Waals surface area contributed by atoms with Gasteiger partial charge in [0.1, 0.15) is 0 Å². The molecule has 0 aromatic heterocycles. The van der Waals surface area contributed by atoms with Crippen molar-refractivity contribution < 1.29 is 4.79 Å². The Morgan fingerprint density at radius 1 is 1.10 bits per heavy atom. The molecule has 1 aliphatic rings. The maximum absolute atomic E-state index is 12.1. The Hall–Kier alpha value is -2.13. The van der Waals surface area contributed by atoms with Gasteiger partial charge in [-0.05, 0) is 24.0 Å². The van der Waals surface area contributed by atoms with Crippen LogP contribution in [0, 0.1) is 0 Å². The average molecular weight is 280 g/mol. The van der Waals surface area contributed by atoms with Crippen molar-refractivity contribution in [3.8, 4) is 0 Å². The normalized spacial score (nSPS) is 21.6. The quantitative estimate of drug-likeness (QED) is 0.882. The minimum atomic E-state index is -0.482. The molecule has 3 unspecified atom stereocenters. The fourth-order valence-electron chi connectivity index (χ4n) is 2.67. The predicted molar refractivity (Wildman–Crippen MR) is 83.9 cm³/mol. The van der Waals surface area contributed by atoms with Crippen molar-refractivity contribution in [3.63, 3.8) is 0 Å². The molecule has 0 spiro atoms. The van der Waals surface area contributed by atoms with Crippen molar-refractivity contribution >= 4 is 5.91 Å². The number of nitrogens with two attached hydrogens (primary N) is 1. The maximum atomic E-state index is 12.1. The molecule has 1 amide bonds. The van der Waals surface area contributed by atoms with Crippen molar-refractivity contribution in [1.82, 2.24) is 5.32 Å². The molecule has 108 valence electrons. The molecule has 0 heterocycles. The molecule has 0 saturated heterocycles. The van der Waals surface area contributed by atoms with E-state index in [2.05, 4.69) is 17.4 Å². The molecule has 1 fully saturated rings. The van der Waals surface area contributed by atoms with Gasteiger partial charge < -0.3 is 11.1 Å². The Balaban J connectivity index is 1.51. The first kappa shape index (κ1) is 13.8. The molecule has 2 aromatic rings. The number of benzene rings is 2. The van der Waals surface area contributed by atoms with Crippen LogP contribution in [0.3, 0.4) is 0 Å². The molecule has 2 aromatic carbocycles. The molecule has 3 heteroatoms. The van der Waals surface area contributed by atoms with E-state index in [1.165, 1.54) is 5.56 Å². The summed E-state index contributed by atoms with van der Waals surface area (Å²) in [6, 6.07) is 19.9. The molecule has 1 saturated carbocycles. The number of hydrogen-bond donors (Lipinski definition) is 2. The first-order chi connectivity index (χ1) is 10.2. The first-order valence-corrected chi connectivity index (χ1v) is 7.39. The largest absolute Gasteiger partial charge is 0.351 e. The van der Waals surface area contributed by atoms with E-state index >= 15 is 0 Å². The molecule has 0 bridgehead atoms. The summed E-state index contributed by atoms with van der Waals surface area (Å²) in [6.07, 6.45) is 1.59. The second kappa shape index (κ2) is 6.10. The second-order valence-corrected chi connectivity index (χ2v) is 5.66. The molecular weight excluding hydrogens is 260 g/mol. The summed E-state index contributed by atoms with van der Waals surface area (Å²) in [4.78, 5) is 12.1. The molecule has 3 N–H and O–H groups in total. The second-order valence-electron chi connectivity index (χ2n) is 5.66. The molecule has 3 rings (SSSR count). The van der Waals surface area contributed by atoms with E-state index in [0.29, 0.717) is 12.3 Å². The lowest BCUT2D eigenvalue weighted by molar-refractivity contribution is -0.122. The minimum Gasteiger partial charge on any atom is -0.351 e. The van der Waals surface area contributed by atoms with Crippen LogP contribution >= 0.6 is 0 Å². The predicted octanol–water partition coefficient (Wildman–Crippen LogP) is 2.23. The SMILES string of the molecule is NC(Cc1ccccc1)C(=O)NC1CC1c1ccccc1. The van der Waals surface area contributed by atoms with Crippen LogP contribution in [0.4, 0.5) is 0 Å². The standard InChI is InChI=1S/C18H20N2O/c19-16(11-13-7-3-1-4-8-13)18(21)20-17-12-15(17)14-9-5-2-6-10-14/h1-10,15-17H,11-12,19H2,(H,20,21). The number of nitrogens with one attached hydrogen (secondary N) is 1. The lowest BCUT2D eigenvalue weighted by Crippen LogP contribution is -2.43. The Morgan fingerprint density at radius 3 is 2.38 bits per heavy atom. The number of hydrogen-bond acceptors (Lipinski definition) is 2. The van der Waals surface area contributed by atoms with Gasteiger partial charge in [-0.3, -0.25) is 4.79 Å². The Bertz CT molecular complexity index is 597. The van der Waals surface area contributed by atoms with Gasteiger partial charge in [-0.25, -0.2) is 0 Å². The van der Waals surface area contributed by atoms with Gasteiger partial charge in [0.15, 0.2) is 0 Å². The summed E-state index contributed by atoms with van der Waals surface area (Å²) in [7, 11) is 0. The summed E-state index contributed by atoms with van der Waals surface area (Å²) >= 11 is 0.